The van der Waals surface area contributed by atoms with Crippen LogP contribution in [-0.2, 0) is 0 Å². The molecule has 2 aromatic rings. The highest BCUT2D eigenvalue weighted by atomic mass is 32.1. The van der Waals surface area contributed by atoms with E-state index in [1.165, 1.54) is 17.7 Å². The Morgan fingerprint density at radius 1 is 1.25 bits per heavy atom. The predicted molar refractivity (Wildman–Crippen MR) is 96.2 cm³/mol. The number of thiophene rings is 1. The van der Waals surface area contributed by atoms with Crippen molar-refractivity contribution in [1.82, 2.24) is 10.2 Å². The van der Waals surface area contributed by atoms with E-state index in [0.29, 0.717) is 23.6 Å². The largest absolute Gasteiger partial charge is 0.351 e. The zero-order valence-electron chi connectivity index (χ0n) is 13.6. The van der Waals surface area contributed by atoms with Crippen LogP contribution in [0.1, 0.15) is 39.6 Å². The van der Waals surface area contributed by atoms with Crippen LogP contribution >= 0.6 is 11.3 Å². The fourth-order valence-electron chi connectivity index (χ4n) is 3.09. The van der Waals surface area contributed by atoms with Gasteiger partial charge in [-0.1, -0.05) is 6.07 Å². The molecule has 0 radical (unpaired) electrons. The Kier molecular flexibility index (Phi) is 5.63. The number of benzene rings is 1. The lowest BCUT2D eigenvalue weighted by atomic mass is 9.95. The summed E-state index contributed by atoms with van der Waals surface area (Å²) in [6, 6.07) is 13.2. The van der Waals surface area contributed by atoms with E-state index in [0.717, 1.165) is 19.6 Å². The lowest BCUT2D eigenvalue weighted by Gasteiger charge is -2.31. The number of rotatable bonds is 5. The zero-order valence-corrected chi connectivity index (χ0v) is 14.4. The Bertz CT molecular complexity index is 695. The Morgan fingerprint density at radius 3 is 2.62 bits per heavy atom. The molecule has 0 aliphatic carbocycles. The van der Waals surface area contributed by atoms with Crippen molar-refractivity contribution in [3.05, 3.63) is 57.8 Å². The van der Waals surface area contributed by atoms with Gasteiger partial charge in [0.25, 0.3) is 5.91 Å². The fourth-order valence-corrected chi connectivity index (χ4v) is 3.99. The molecule has 4 nitrogen and oxygen atoms in total. The number of nitriles is 1. The SMILES string of the molecule is N#Cc1ccc(C(=O)NCCN2CCC(c3cccs3)CC2)cc1. The molecule has 0 atom stereocenters. The number of amides is 1. The number of piperidine rings is 1. The Hall–Kier alpha value is -2.16. The van der Waals surface area contributed by atoms with Gasteiger partial charge in [0.1, 0.15) is 0 Å². The van der Waals surface area contributed by atoms with Crippen molar-refractivity contribution >= 4 is 17.2 Å². The minimum absolute atomic E-state index is 0.0760. The van der Waals surface area contributed by atoms with Crippen LogP contribution in [0, 0.1) is 11.3 Å². The van der Waals surface area contributed by atoms with E-state index in [2.05, 4.69) is 33.8 Å². The maximum Gasteiger partial charge on any atom is 0.251 e. The smallest absolute Gasteiger partial charge is 0.251 e. The number of nitrogens with one attached hydrogen (secondary N) is 1. The molecule has 0 bridgehead atoms. The van der Waals surface area contributed by atoms with Crippen molar-refractivity contribution in [2.24, 2.45) is 0 Å². The average molecular weight is 339 g/mol. The predicted octanol–water partition coefficient (Wildman–Crippen LogP) is 3.23. The summed E-state index contributed by atoms with van der Waals surface area (Å²) in [5, 5.41) is 13.9. The van der Waals surface area contributed by atoms with Gasteiger partial charge in [-0.25, -0.2) is 0 Å². The first-order chi connectivity index (χ1) is 11.8. The summed E-state index contributed by atoms with van der Waals surface area (Å²) in [6.07, 6.45) is 2.40. The number of nitrogens with zero attached hydrogens (tertiary/aromatic N) is 2. The molecule has 0 unspecified atom stereocenters. The normalized spacial score (nSPS) is 15.8. The molecule has 1 saturated heterocycles. The van der Waals surface area contributed by atoms with Gasteiger partial charge >= 0.3 is 0 Å². The lowest BCUT2D eigenvalue weighted by molar-refractivity contribution is 0.0946. The van der Waals surface area contributed by atoms with Crippen molar-refractivity contribution in [3.8, 4) is 6.07 Å². The Morgan fingerprint density at radius 2 is 2.00 bits per heavy atom. The maximum atomic E-state index is 12.1. The summed E-state index contributed by atoms with van der Waals surface area (Å²) in [7, 11) is 0. The monoisotopic (exact) mass is 339 g/mol. The van der Waals surface area contributed by atoms with Gasteiger partial charge in [-0.05, 0) is 67.6 Å². The van der Waals surface area contributed by atoms with Crippen LogP contribution < -0.4 is 5.32 Å². The summed E-state index contributed by atoms with van der Waals surface area (Å²) < 4.78 is 0. The number of likely N-dealkylation sites (tertiary alicyclic amines) is 1. The highest BCUT2D eigenvalue weighted by Crippen LogP contribution is 2.30. The topological polar surface area (TPSA) is 56.1 Å². The maximum absolute atomic E-state index is 12.1. The first-order valence-corrected chi connectivity index (χ1v) is 9.18. The summed E-state index contributed by atoms with van der Waals surface area (Å²) in [4.78, 5) is 16.0. The van der Waals surface area contributed by atoms with E-state index >= 15 is 0 Å². The van der Waals surface area contributed by atoms with Gasteiger partial charge in [-0.15, -0.1) is 11.3 Å². The third kappa shape index (κ3) is 4.22. The van der Waals surface area contributed by atoms with Crippen LogP contribution in [0.25, 0.3) is 0 Å². The molecule has 0 saturated carbocycles. The molecule has 0 spiro atoms. The number of carbonyl (C=O) groups excluding carboxylic acids is 1. The molecule has 1 N–H and O–H groups in total. The van der Waals surface area contributed by atoms with Gasteiger partial charge in [-0.2, -0.15) is 5.26 Å². The summed E-state index contributed by atoms with van der Waals surface area (Å²) in [5.74, 6) is 0.627. The van der Waals surface area contributed by atoms with Crippen LogP contribution in [0.3, 0.4) is 0 Å². The zero-order chi connectivity index (χ0) is 16.8. The second-order valence-electron chi connectivity index (χ2n) is 6.08. The van der Waals surface area contributed by atoms with Crippen LogP contribution in [-0.4, -0.2) is 37.0 Å². The molecule has 3 rings (SSSR count). The van der Waals surface area contributed by atoms with Crippen LogP contribution in [0.5, 0.6) is 0 Å². The van der Waals surface area contributed by atoms with Crippen molar-refractivity contribution in [1.29, 1.82) is 5.26 Å². The summed E-state index contributed by atoms with van der Waals surface area (Å²) in [6.45, 7) is 3.73. The molecule has 124 valence electrons. The van der Waals surface area contributed by atoms with Crippen molar-refractivity contribution < 1.29 is 4.79 Å². The van der Waals surface area contributed by atoms with Gasteiger partial charge in [-0.3, -0.25) is 4.79 Å². The van der Waals surface area contributed by atoms with Gasteiger partial charge in [0.05, 0.1) is 11.6 Å². The van der Waals surface area contributed by atoms with Crippen molar-refractivity contribution in [2.75, 3.05) is 26.2 Å². The van der Waals surface area contributed by atoms with E-state index < -0.39 is 0 Å². The quantitative estimate of drug-likeness (QED) is 0.910. The number of carbonyl (C=O) groups is 1. The minimum Gasteiger partial charge on any atom is -0.351 e. The van der Waals surface area contributed by atoms with E-state index in [9.17, 15) is 4.79 Å². The molecule has 1 aliphatic heterocycles. The Labute approximate surface area is 146 Å². The van der Waals surface area contributed by atoms with Gasteiger partial charge < -0.3 is 10.2 Å². The van der Waals surface area contributed by atoms with Crippen LogP contribution in [0.2, 0.25) is 0 Å². The third-order valence-corrected chi connectivity index (χ3v) is 5.56. The van der Waals surface area contributed by atoms with E-state index in [1.807, 2.05) is 11.3 Å². The van der Waals surface area contributed by atoms with Gasteiger partial charge in [0, 0.05) is 23.5 Å². The molecule has 1 aromatic carbocycles. The molecule has 1 fully saturated rings. The molecule has 2 heterocycles. The molecule has 1 aromatic heterocycles. The third-order valence-electron chi connectivity index (χ3n) is 4.52. The highest BCUT2D eigenvalue weighted by molar-refractivity contribution is 7.10. The van der Waals surface area contributed by atoms with E-state index in [-0.39, 0.29) is 5.91 Å². The second kappa shape index (κ2) is 8.09. The molecule has 1 aliphatic rings. The fraction of sp³-hybridized carbons (Fsp3) is 0.368. The minimum atomic E-state index is -0.0760. The molecular weight excluding hydrogens is 318 g/mol. The second-order valence-corrected chi connectivity index (χ2v) is 7.06. The van der Waals surface area contributed by atoms with Crippen molar-refractivity contribution in [3.63, 3.8) is 0 Å². The first kappa shape index (κ1) is 16.7. The van der Waals surface area contributed by atoms with E-state index in [4.69, 9.17) is 5.26 Å². The average Bonchev–Trinajstić information content (AvgIpc) is 3.17. The first-order valence-electron chi connectivity index (χ1n) is 8.30. The van der Waals surface area contributed by atoms with Crippen LogP contribution in [0.15, 0.2) is 41.8 Å². The molecule has 24 heavy (non-hydrogen) atoms. The highest BCUT2D eigenvalue weighted by Gasteiger charge is 2.20. The van der Waals surface area contributed by atoms with Gasteiger partial charge in [0.15, 0.2) is 0 Å². The lowest BCUT2D eigenvalue weighted by Crippen LogP contribution is -2.39. The van der Waals surface area contributed by atoms with E-state index in [1.54, 1.807) is 24.3 Å². The molecular formula is C19H21N3OS. The van der Waals surface area contributed by atoms with Crippen molar-refractivity contribution in [2.45, 2.75) is 18.8 Å². The number of hydrogen-bond acceptors (Lipinski definition) is 4. The number of hydrogen-bond donors (Lipinski definition) is 1. The molecule has 5 heteroatoms. The standard InChI is InChI=1S/C19H21N3OS/c20-14-15-3-5-17(6-4-15)19(23)21-9-12-22-10-7-16(8-11-22)18-2-1-13-24-18/h1-6,13,16H,7-12H2,(H,21,23). The summed E-state index contributed by atoms with van der Waals surface area (Å²) >= 11 is 1.86. The van der Waals surface area contributed by atoms with Gasteiger partial charge in [0.2, 0.25) is 0 Å². The van der Waals surface area contributed by atoms with Crippen LogP contribution in [0.4, 0.5) is 0 Å². The summed E-state index contributed by atoms with van der Waals surface area (Å²) in [5.41, 5.74) is 1.17. The molecule has 1 amide bonds. The Balaban J connectivity index is 1.39.